The van der Waals surface area contributed by atoms with Gasteiger partial charge in [0.1, 0.15) is 18.1 Å². The predicted molar refractivity (Wildman–Crippen MR) is 81.5 cm³/mol. The van der Waals surface area contributed by atoms with E-state index in [1.807, 2.05) is 36.4 Å². The normalized spacial score (nSPS) is 16.6. The summed E-state index contributed by atoms with van der Waals surface area (Å²) in [5, 5.41) is 0. The fraction of sp³-hybridized carbons (Fsp3) is 0.250. The third-order valence-electron chi connectivity index (χ3n) is 3.17. The highest BCUT2D eigenvalue weighted by Gasteiger charge is 2.20. The molecule has 0 amide bonds. The van der Waals surface area contributed by atoms with Crippen molar-refractivity contribution < 1.29 is 9.47 Å². The zero-order valence-corrected chi connectivity index (χ0v) is 11.9. The molecule has 3 nitrogen and oxygen atoms in total. The van der Waals surface area contributed by atoms with Gasteiger partial charge in [0.2, 0.25) is 0 Å². The van der Waals surface area contributed by atoms with Gasteiger partial charge in [-0.3, -0.25) is 0 Å². The maximum Gasteiger partial charge on any atom is 0.127 e. The van der Waals surface area contributed by atoms with E-state index in [4.69, 9.17) is 15.2 Å². The summed E-state index contributed by atoms with van der Waals surface area (Å²) in [6.07, 6.45) is 0. The number of benzene rings is 2. The number of thioether (sulfide) groups is 1. The molecule has 3 rings (SSSR count). The van der Waals surface area contributed by atoms with Gasteiger partial charge in [-0.15, -0.1) is 11.8 Å². The maximum absolute atomic E-state index is 5.91. The summed E-state index contributed by atoms with van der Waals surface area (Å²) in [5.41, 5.74) is 6.98. The highest BCUT2D eigenvalue weighted by atomic mass is 32.2. The van der Waals surface area contributed by atoms with E-state index in [1.165, 1.54) is 4.90 Å². The zero-order chi connectivity index (χ0) is 13.8. The number of hydrogen-bond acceptors (Lipinski definition) is 4. The van der Waals surface area contributed by atoms with Gasteiger partial charge < -0.3 is 15.2 Å². The standard InChI is InChI=1S/C16H17NO2S/c17-15-11-19-16-10-12(6-7-14(15)16)18-8-9-20-13-4-2-1-3-5-13/h1-7,10,15H,8-9,11,17H2. The Hall–Kier alpha value is -1.65. The third kappa shape index (κ3) is 3.08. The van der Waals surface area contributed by atoms with E-state index in [0.717, 1.165) is 22.8 Å². The Morgan fingerprint density at radius 2 is 2.05 bits per heavy atom. The quantitative estimate of drug-likeness (QED) is 0.677. The van der Waals surface area contributed by atoms with Gasteiger partial charge in [0.05, 0.1) is 12.6 Å². The summed E-state index contributed by atoms with van der Waals surface area (Å²) in [6, 6.07) is 16.2. The minimum atomic E-state index is -0.00677. The molecule has 2 aromatic rings. The topological polar surface area (TPSA) is 44.5 Å². The molecule has 0 radical (unpaired) electrons. The van der Waals surface area contributed by atoms with Gasteiger partial charge in [-0.2, -0.15) is 0 Å². The number of rotatable bonds is 5. The summed E-state index contributed by atoms with van der Waals surface area (Å²) in [6.45, 7) is 1.23. The summed E-state index contributed by atoms with van der Waals surface area (Å²) >= 11 is 1.79. The van der Waals surface area contributed by atoms with Crippen molar-refractivity contribution in [3.05, 3.63) is 54.1 Å². The number of fused-ring (bicyclic) bond motifs is 1. The lowest BCUT2D eigenvalue weighted by atomic mass is 10.1. The first-order chi connectivity index (χ1) is 9.83. The van der Waals surface area contributed by atoms with E-state index in [0.29, 0.717) is 13.2 Å². The lowest BCUT2D eigenvalue weighted by molar-refractivity contribution is 0.324. The van der Waals surface area contributed by atoms with E-state index < -0.39 is 0 Å². The van der Waals surface area contributed by atoms with Crippen LogP contribution in [0, 0.1) is 0 Å². The lowest BCUT2D eigenvalue weighted by Crippen LogP contribution is -2.10. The second-order valence-electron chi connectivity index (χ2n) is 4.63. The summed E-state index contributed by atoms with van der Waals surface area (Å²) in [4.78, 5) is 1.26. The molecule has 0 spiro atoms. The van der Waals surface area contributed by atoms with Crippen molar-refractivity contribution in [1.82, 2.24) is 0 Å². The molecular weight excluding hydrogens is 270 g/mol. The molecule has 1 aliphatic heterocycles. The van der Waals surface area contributed by atoms with Crippen LogP contribution in [0.3, 0.4) is 0 Å². The van der Waals surface area contributed by atoms with Gasteiger partial charge >= 0.3 is 0 Å². The van der Waals surface area contributed by atoms with Crippen molar-refractivity contribution in [2.45, 2.75) is 10.9 Å². The number of hydrogen-bond donors (Lipinski definition) is 1. The molecule has 0 bridgehead atoms. The number of nitrogens with two attached hydrogens (primary N) is 1. The SMILES string of the molecule is NC1COc2cc(OCCSc3ccccc3)ccc21. The Morgan fingerprint density at radius 1 is 1.20 bits per heavy atom. The Labute approximate surface area is 123 Å². The summed E-state index contributed by atoms with van der Waals surface area (Å²) < 4.78 is 11.3. The van der Waals surface area contributed by atoms with Gasteiger partial charge in [0.25, 0.3) is 0 Å². The molecule has 0 saturated heterocycles. The molecule has 2 aromatic carbocycles. The fourth-order valence-corrected chi connectivity index (χ4v) is 2.89. The molecule has 1 aliphatic rings. The Balaban J connectivity index is 1.50. The van der Waals surface area contributed by atoms with Crippen LogP contribution in [0.2, 0.25) is 0 Å². The Bertz CT molecular complexity index is 574. The first-order valence-electron chi connectivity index (χ1n) is 6.66. The fourth-order valence-electron chi connectivity index (χ4n) is 2.14. The minimum Gasteiger partial charge on any atom is -0.493 e. The largest absolute Gasteiger partial charge is 0.493 e. The molecule has 0 aliphatic carbocycles. The summed E-state index contributed by atoms with van der Waals surface area (Å²) in [5.74, 6) is 2.61. The molecule has 1 unspecified atom stereocenters. The first-order valence-corrected chi connectivity index (χ1v) is 7.64. The lowest BCUT2D eigenvalue weighted by Gasteiger charge is -2.08. The molecule has 0 aromatic heterocycles. The minimum absolute atomic E-state index is 0.00677. The van der Waals surface area contributed by atoms with Crippen molar-refractivity contribution in [2.75, 3.05) is 19.0 Å². The zero-order valence-electron chi connectivity index (χ0n) is 11.1. The van der Waals surface area contributed by atoms with E-state index in [9.17, 15) is 0 Å². The van der Waals surface area contributed by atoms with Gasteiger partial charge in [-0.1, -0.05) is 18.2 Å². The molecule has 2 N–H and O–H groups in total. The molecule has 104 valence electrons. The van der Waals surface area contributed by atoms with Crippen LogP contribution in [-0.4, -0.2) is 19.0 Å². The van der Waals surface area contributed by atoms with Crippen LogP contribution < -0.4 is 15.2 Å². The smallest absolute Gasteiger partial charge is 0.127 e. The Morgan fingerprint density at radius 3 is 2.90 bits per heavy atom. The van der Waals surface area contributed by atoms with Crippen LogP contribution in [-0.2, 0) is 0 Å². The van der Waals surface area contributed by atoms with Crippen LogP contribution in [0.1, 0.15) is 11.6 Å². The molecule has 0 saturated carbocycles. The second-order valence-corrected chi connectivity index (χ2v) is 5.80. The number of ether oxygens (including phenoxy) is 2. The monoisotopic (exact) mass is 287 g/mol. The Kier molecular flexibility index (Phi) is 4.14. The van der Waals surface area contributed by atoms with Crippen molar-refractivity contribution >= 4 is 11.8 Å². The van der Waals surface area contributed by atoms with Crippen molar-refractivity contribution in [2.24, 2.45) is 5.73 Å². The van der Waals surface area contributed by atoms with Crippen LogP contribution in [0.15, 0.2) is 53.4 Å². The van der Waals surface area contributed by atoms with Crippen molar-refractivity contribution in [3.63, 3.8) is 0 Å². The molecule has 0 fully saturated rings. The highest BCUT2D eigenvalue weighted by molar-refractivity contribution is 7.99. The van der Waals surface area contributed by atoms with E-state index in [1.54, 1.807) is 11.8 Å². The molecular formula is C16H17NO2S. The van der Waals surface area contributed by atoms with E-state index in [-0.39, 0.29) is 6.04 Å². The molecule has 20 heavy (non-hydrogen) atoms. The molecule has 1 atom stereocenters. The van der Waals surface area contributed by atoms with Crippen LogP contribution in [0.25, 0.3) is 0 Å². The van der Waals surface area contributed by atoms with Gasteiger partial charge in [-0.25, -0.2) is 0 Å². The molecule has 4 heteroatoms. The van der Waals surface area contributed by atoms with E-state index in [2.05, 4.69) is 12.1 Å². The third-order valence-corrected chi connectivity index (χ3v) is 4.14. The second kappa shape index (κ2) is 6.20. The van der Waals surface area contributed by atoms with Crippen LogP contribution >= 0.6 is 11.8 Å². The summed E-state index contributed by atoms with van der Waals surface area (Å²) in [7, 11) is 0. The van der Waals surface area contributed by atoms with Crippen molar-refractivity contribution in [1.29, 1.82) is 0 Å². The highest BCUT2D eigenvalue weighted by Crippen LogP contribution is 2.34. The van der Waals surface area contributed by atoms with Crippen LogP contribution in [0.5, 0.6) is 11.5 Å². The van der Waals surface area contributed by atoms with Gasteiger partial charge in [0, 0.05) is 22.3 Å². The maximum atomic E-state index is 5.91. The van der Waals surface area contributed by atoms with Gasteiger partial charge in [-0.05, 0) is 24.3 Å². The van der Waals surface area contributed by atoms with Crippen molar-refractivity contribution in [3.8, 4) is 11.5 Å². The van der Waals surface area contributed by atoms with Crippen LogP contribution in [0.4, 0.5) is 0 Å². The van der Waals surface area contributed by atoms with E-state index >= 15 is 0 Å². The average molecular weight is 287 g/mol. The molecule has 1 heterocycles. The first kappa shape index (κ1) is 13.3. The predicted octanol–water partition coefficient (Wildman–Crippen LogP) is 3.25. The van der Waals surface area contributed by atoms with Gasteiger partial charge in [0.15, 0.2) is 0 Å². The average Bonchev–Trinajstić information content (AvgIpc) is 2.86.